The van der Waals surface area contributed by atoms with E-state index < -0.39 is 12.0 Å². The van der Waals surface area contributed by atoms with Crippen molar-refractivity contribution in [2.75, 3.05) is 19.2 Å². The SMILES string of the molecule is CN1C(=O)c2ccccc2C(C(=O)Nc2nccs2)C1c1ccc2c(c1)OCO2. The van der Waals surface area contributed by atoms with Crippen molar-refractivity contribution in [1.29, 1.82) is 0 Å². The molecule has 1 aromatic heterocycles. The van der Waals surface area contributed by atoms with E-state index in [4.69, 9.17) is 9.47 Å². The minimum absolute atomic E-state index is 0.124. The first kappa shape index (κ1) is 17.7. The minimum Gasteiger partial charge on any atom is -0.454 e. The van der Waals surface area contributed by atoms with Gasteiger partial charge in [0.2, 0.25) is 12.7 Å². The number of aromatic nitrogens is 1. The van der Waals surface area contributed by atoms with Crippen molar-refractivity contribution in [1.82, 2.24) is 9.88 Å². The van der Waals surface area contributed by atoms with Gasteiger partial charge >= 0.3 is 0 Å². The van der Waals surface area contributed by atoms with Crippen LogP contribution in [0.4, 0.5) is 5.13 Å². The average Bonchev–Trinajstić information content (AvgIpc) is 3.41. The zero-order valence-corrected chi connectivity index (χ0v) is 16.3. The maximum absolute atomic E-state index is 13.4. The quantitative estimate of drug-likeness (QED) is 0.720. The summed E-state index contributed by atoms with van der Waals surface area (Å²) in [7, 11) is 1.72. The van der Waals surface area contributed by atoms with E-state index in [2.05, 4.69) is 10.3 Å². The van der Waals surface area contributed by atoms with Gasteiger partial charge in [-0.05, 0) is 29.3 Å². The summed E-state index contributed by atoms with van der Waals surface area (Å²) in [6, 6.07) is 12.3. The number of nitrogens with zero attached hydrogens (tertiary/aromatic N) is 2. The number of fused-ring (bicyclic) bond motifs is 2. The molecule has 2 aliphatic rings. The number of carbonyl (C=O) groups is 2. The van der Waals surface area contributed by atoms with Crippen molar-refractivity contribution in [3.8, 4) is 11.5 Å². The predicted molar refractivity (Wildman–Crippen MR) is 107 cm³/mol. The number of carbonyl (C=O) groups excluding carboxylic acids is 2. The molecule has 0 radical (unpaired) electrons. The highest BCUT2D eigenvalue weighted by Gasteiger charge is 2.43. The fourth-order valence-electron chi connectivity index (χ4n) is 3.94. The number of benzene rings is 2. The van der Waals surface area contributed by atoms with Gasteiger partial charge < -0.3 is 19.7 Å². The normalized spacial score (nSPS) is 19.8. The Morgan fingerprint density at radius 2 is 2.03 bits per heavy atom. The first-order valence-corrected chi connectivity index (χ1v) is 9.97. The summed E-state index contributed by atoms with van der Waals surface area (Å²) in [5.74, 6) is 0.332. The maximum atomic E-state index is 13.4. The molecule has 2 atom stereocenters. The van der Waals surface area contributed by atoms with Gasteiger partial charge in [-0.1, -0.05) is 24.3 Å². The van der Waals surface area contributed by atoms with Crippen LogP contribution >= 0.6 is 11.3 Å². The molecule has 0 bridgehead atoms. The highest BCUT2D eigenvalue weighted by Crippen LogP contribution is 2.45. The van der Waals surface area contributed by atoms with Crippen LogP contribution in [-0.4, -0.2) is 35.5 Å². The third-order valence-corrected chi connectivity index (χ3v) is 5.95. The molecule has 3 heterocycles. The van der Waals surface area contributed by atoms with Crippen molar-refractivity contribution in [3.63, 3.8) is 0 Å². The Labute approximate surface area is 170 Å². The van der Waals surface area contributed by atoms with E-state index in [0.717, 1.165) is 5.56 Å². The van der Waals surface area contributed by atoms with Gasteiger partial charge in [0.15, 0.2) is 16.6 Å². The van der Waals surface area contributed by atoms with Gasteiger partial charge in [0, 0.05) is 24.2 Å². The minimum atomic E-state index is -0.599. The molecule has 0 saturated carbocycles. The predicted octanol–water partition coefficient (Wildman–Crippen LogP) is 3.42. The van der Waals surface area contributed by atoms with Gasteiger partial charge in [-0.25, -0.2) is 4.98 Å². The zero-order chi connectivity index (χ0) is 20.0. The summed E-state index contributed by atoms with van der Waals surface area (Å²) >= 11 is 1.35. The van der Waals surface area contributed by atoms with E-state index in [1.165, 1.54) is 11.3 Å². The Bertz CT molecular complexity index is 1100. The van der Waals surface area contributed by atoms with Crippen molar-refractivity contribution >= 4 is 28.3 Å². The number of hydrogen-bond acceptors (Lipinski definition) is 6. The van der Waals surface area contributed by atoms with Crippen LogP contribution in [0.15, 0.2) is 54.0 Å². The monoisotopic (exact) mass is 407 g/mol. The molecule has 2 aromatic carbocycles. The Morgan fingerprint density at radius 3 is 2.86 bits per heavy atom. The molecule has 2 unspecified atom stereocenters. The van der Waals surface area contributed by atoms with Crippen LogP contribution < -0.4 is 14.8 Å². The number of nitrogens with one attached hydrogen (secondary N) is 1. The third kappa shape index (κ3) is 2.92. The van der Waals surface area contributed by atoms with Crippen LogP contribution in [0.25, 0.3) is 0 Å². The van der Waals surface area contributed by atoms with Crippen molar-refractivity contribution < 1.29 is 19.1 Å². The van der Waals surface area contributed by atoms with Crippen LogP contribution in [0, 0.1) is 0 Å². The second-order valence-corrected chi connectivity index (χ2v) is 7.76. The summed E-state index contributed by atoms with van der Waals surface area (Å²) in [6.45, 7) is 0.162. The molecule has 7 nitrogen and oxygen atoms in total. The molecule has 0 spiro atoms. The lowest BCUT2D eigenvalue weighted by Crippen LogP contribution is -2.44. The lowest BCUT2D eigenvalue weighted by Gasteiger charge is -2.39. The smallest absolute Gasteiger partial charge is 0.254 e. The van der Waals surface area contributed by atoms with Crippen molar-refractivity contribution in [3.05, 3.63) is 70.7 Å². The Morgan fingerprint density at radius 1 is 1.21 bits per heavy atom. The Balaban J connectivity index is 1.62. The molecule has 0 saturated heterocycles. The highest BCUT2D eigenvalue weighted by molar-refractivity contribution is 7.13. The van der Waals surface area contributed by atoms with Crippen LogP contribution in [0.1, 0.15) is 33.4 Å². The molecule has 2 amide bonds. The number of hydrogen-bond donors (Lipinski definition) is 1. The number of rotatable bonds is 3. The number of amides is 2. The van der Waals surface area contributed by atoms with E-state index in [-0.39, 0.29) is 18.6 Å². The largest absolute Gasteiger partial charge is 0.454 e. The van der Waals surface area contributed by atoms with E-state index >= 15 is 0 Å². The van der Waals surface area contributed by atoms with Crippen molar-refractivity contribution in [2.24, 2.45) is 0 Å². The highest BCUT2D eigenvalue weighted by atomic mass is 32.1. The fraction of sp³-hybridized carbons (Fsp3) is 0.190. The van der Waals surface area contributed by atoms with Crippen LogP contribution in [0.3, 0.4) is 0 Å². The second kappa shape index (κ2) is 6.89. The third-order valence-electron chi connectivity index (χ3n) is 5.26. The number of anilines is 1. The molecule has 3 aromatic rings. The lowest BCUT2D eigenvalue weighted by molar-refractivity contribution is -0.119. The fourth-order valence-corrected chi connectivity index (χ4v) is 4.47. The van der Waals surface area contributed by atoms with E-state index in [9.17, 15) is 9.59 Å². The van der Waals surface area contributed by atoms with Crippen LogP contribution in [-0.2, 0) is 4.79 Å². The molecular weight excluding hydrogens is 390 g/mol. The molecule has 1 N–H and O–H groups in total. The van der Waals surface area contributed by atoms with Gasteiger partial charge in [-0.2, -0.15) is 0 Å². The lowest BCUT2D eigenvalue weighted by atomic mass is 9.79. The van der Waals surface area contributed by atoms with Gasteiger partial charge in [0.05, 0.1) is 12.0 Å². The first-order chi connectivity index (χ1) is 14.1. The molecular formula is C21H17N3O4S. The van der Waals surface area contributed by atoms with E-state index in [1.807, 2.05) is 30.3 Å². The Hall–Kier alpha value is -3.39. The summed E-state index contributed by atoms with van der Waals surface area (Å²) in [5, 5.41) is 5.22. The number of likely N-dealkylation sites (N-methyl/N-ethyl adjacent to an activating group) is 1. The summed E-state index contributed by atoms with van der Waals surface area (Å²) in [5.41, 5.74) is 2.04. The molecule has 5 rings (SSSR count). The van der Waals surface area contributed by atoms with E-state index in [1.54, 1.807) is 35.7 Å². The summed E-state index contributed by atoms with van der Waals surface area (Å²) in [6.07, 6.45) is 1.64. The number of thiazole rings is 1. The molecule has 29 heavy (non-hydrogen) atoms. The first-order valence-electron chi connectivity index (χ1n) is 9.09. The van der Waals surface area contributed by atoms with Gasteiger partial charge in [0.25, 0.3) is 5.91 Å². The van der Waals surface area contributed by atoms with Crippen LogP contribution in [0.5, 0.6) is 11.5 Å². The van der Waals surface area contributed by atoms with Crippen molar-refractivity contribution in [2.45, 2.75) is 12.0 Å². The maximum Gasteiger partial charge on any atom is 0.254 e. The van der Waals surface area contributed by atoms with Gasteiger partial charge in [-0.3, -0.25) is 9.59 Å². The molecule has 146 valence electrons. The standard InChI is InChI=1S/C21H17N3O4S/c1-24-18(12-6-7-15-16(10-12)28-11-27-15)17(19(25)23-21-22-8-9-29-21)13-4-2-3-5-14(13)20(24)26/h2-10,17-18H,11H2,1H3,(H,22,23,25). The molecule has 0 fully saturated rings. The zero-order valence-electron chi connectivity index (χ0n) is 15.5. The Kier molecular flexibility index (Phi) is 4.21. The van der Waals surface area contributed by atoms with Gasteiger partial charge in [-0.15, -0.1) is 11.3 Å². The second-order valence-electron chi connectivity index (χ2n) is 6.87. The topological polar surface area (TPSA) is 80.8 Å². The molecule has 2 aliphatic heterocycles. The average molecular weight is 407 g/mol. The molecule has 8 heteroatoms. The summed E-state index contributed by atoms with van der Waals surface area (Å²) < 4.78 is 10.9. The van der Waals surface area contributed by atoms with Gasteiger partial charge in [0.1, 0.15) is 0 Å². The van der Waals surface area contributed by atoms with Crippen LogP contribution in [0.2, 0.25) is 0 Å². The van der Waals surface area contributed by atoms with E-state index in [0.29, 0.717) is 27.8 Å². The number of ether oxygens (including phenoxy) is 2. The molecule has 0 aliphatic carbocycles. The summed E-state index contributed by atoms with van der Waals surface area (Å²) in [4.78, 5) is 32.2.